The van der Waals surface area contributed by atoms with E-state index in [1.807, 2.05) is 0 Å². The number of hydrogen-bond donors (Lipinski definition) is 2. The summed E-state index contributed by atoms with van der Waals surface area (Å²) in [6.07, 6.45) is 0.393. The van der Waals surface area contributed by atoms with Gasteiger partial charge in [0.15, 0.2) is 0 Å². The fourth-order valence-electron chi connectivity index (χ4n) is 1.51. The molecule has 4 nitrogen and oxygen atoms in total. The number of benzene rings is 1. The zero-order chi connectivity index (χ0) is 15.1. The number of carbonyl (C=O) groups excluding carboxylic acids is 1. The van der Waals surface area contributed by atoms with Crippen LogP contribution in [0.1, 0.15) is 24.5 Å². The third-order valence-corrected chi connectivity index (χ3v) is 4.10. The van der Waals surface area contributed by atoms with Gasteiger partial charge in [-0.05, 0) is 37.1 Å². The first-order valence-electron chi connectivity index (χ1n) is 6.59. The van der Waals surface area contributed by atoms with Gasteiger partial charge in [0.25, 0.3) is 0 Å². The van der Waals surface area contributed by atoms with Crippen LogP contribution in [0.2, 0.25) is 0 Å². The molecule has 0 fully saturated rings. The lowest BCUT2D eigenvalue weighted by molar-refractivity contribution is -0.141. The van der Waals surface area contributed by atoms with E-state index in [1.165, 1.54) is 11.1 Å². The third kappa shape index (κ3) is 5.65. The predicted octanol–water partition coefficient (Wildman–Crippen LogP) is 2.62. The van der Waals surface area contributed by atoms with Gasteiger partial charge in [-0.1, -0.05) is 13.0 Å². The number of aliphatic carboxylic acids is 1. The summed E-state index contributed by atoms with van der Waals surface area (Å²) >= 11 is 1.64. The average molecular weight is 295 g/mol. The van der Waals surface area contributed by atoms with E-state index in [4.69, 9.17) is 5.11 Å². The molecule has 2 N–H and O–H groups in total. The molecule has 1 rings (SSSR count). The predicted molar refractivity (Wildman–Crippen MR) is 81.1 cm³/mol. The largest absolute Gasteiger partial charge is 0.481 e. The van der Waals surface area contributed by atoms with Crippen molar-refractivity contribution in [2.45, 2.75) is 32.1 Å². The molecule has 0 spiro atoms. The van der Waals surface area contributed by atoms with Crippen molar-refractivity contribution in [3.05, 3.63) is 29.3 Å². The number of carboxylic acids is 1. The summed E-state index contributed by atoms with van der Waals surface area (Å²) in [5, 5.41) is 11.4. The number of carbonyl (C=O) groups is 2. The highest BCUT2D eigenvalue weighted by molar-refractivity contribution is 7.99. The first kappa shape index (κ1) is 16.6. The summed E-state index contributed by atoms with van der Waals surface area (Å²) in [5.74, 6) is -0.855. The van der Waals surface area contributed by atoms with Crippen LogP contribution < -0.4 is 5.32 Å². The van der Waals surface area contributed by atoms with Gasteiger partial charge >= 0.3 is 5.97 Å². The number of nitrogens with one attached hydrogen (secondary N) is 1. The molecular formula is C15H21NO3S. The Morgan fingerprint density at radius 1 is 1.30 bits per heavy atom. The van der Waals surface area contributed by atoms with E-state index in [1.54, 1.807) is 18.7 Å². The quantitative estimate of drug-likeness (QED) is 0.759. The maximum Gasteiger partial charge on any atom is 0.308 e. The standard InChI is InChI=1S/C15H21NO3S/c1-10-4-5-13(8-11(10)2)20-7-6-14(17)16-9-12(3)15(18)19/h4-5,8,12H,6-7,9H2,1-3H3,(H,16,17)(H,18,19). The van der Waals surface area contributed by atoms with Gasteiger partial charge in [0, 0.05) is 23.6 Å². The molecule has 1 atom stereocenters. The molecule has 0 aromatic heterocycles. The van der Waals surface area contributed by atoms with E-state index >= 15 is 0 Å². The van der Waals surface area contributed by atoms with Crippen LogP contribution in [0, 0.1) is 19.8 Å². The molecule has 20 heavy (non-hydrogen) atoms. The number of thioether (sulfide) groups is 1. The minimum atomic E-state index is -0.894. The second kappa shape index (κ2) is 7.94. The van der Waals surface area contributed by atoms with E-state index in [-0.39, 0.29) is 12.5 Å². The van der Waals surface area contributed by atoms with Crippen molar-refractivity contribution in [2.24, 2.45) is 5.92 Å². The Hall–Kier alpha value is -1.49. The minimum Gasteiger partial charge on any atom is -0.481 e. The zero-order valence-electron chi connectivity index (χ0n) is 12.1. The molecule has 110 valence electrons. The van der Waals surface area contributed by atoms with Crippen molar-refractivity contribution in [1.29, 1.82) is 0 Å². The summed E-state index contributed by atoms with van der Waals surface area (Å²) in [4.78, 5) is 23.3. The van der Waals surface area contributed by atoms with E-state index in [0.717, 1.165) is 4.90 Å². The minimum absolute atomic E-state index is 0.102. The van der Waals surface area contributed by atoms with E-state index < -0.39 is 11.9 Å². The van der Waals surface area contributed by atoms with Crippen molar-refractivity contribution >= 4 is 23.6 Å². The zero-order valence-corrected chi connectivity index (χ0v) is 12.9. The Labute approximate surface area is 124 Å². The van der Waals surface area contributed by atoms with Crippen LogP contribution in [0.5, 0.6) is 0 Å². The van der Waals surface area contributed by atoms with E-state index in [0.29, 0.717) is 12.2 Å². The van der Waals surface area contributed by atoms with Gasteiger partial charge in [0.1, 0.15) is 0 Å². The molecular weight excluding hydrogens is 274 g/mol. The SMILES string of the molecule is Cc1ccc(SCCC(=O)NCC(C)C(=O)O)cc1C. The summed E-state index contributed by atoms with van der Waals surface area (Å²) in [6, 6.07) is 6.24. The lowest BCUT2D eigenvalue weighted by Crippen LogP contribution is -2.31. The molecule has 0 aliphatic heterocycles. The summed E-state index contributed by atoms with van der Waals surface area (Å²) in [7, 11) is 0. The highest BCUT2D eigenvalue weighted by atomic mass is 32.2. The van der Waals surface area contributed by atoms with E-state index in [9.17, 15) is 9.59 Å². The molecule has 1 unspecified atom stereocenters. The summed E-state index contributed by atoms with van der Waals surface area (Å²) in [6.45, 7) is 5.90. The van der Waals surface area contributed by atoms with Gasteiger partial charge < -0.3 is 10.4 Å². The monoisotopic (exact) mass is 295 g/mol. The molecule has 0 aliphatic rings. The lowest BCUT2D eigenvalue weighted by Gasteiger charge is -2.08. The second-order valence-electron chi connectivity index (χ2n) is 4.89. The number of amides is 1. The molecule has 5 heteroatoms. The van der Waals surface area contributed by atoms with Gasteiger partial charge in [-0.15, -0.1) is 11.8 Å². The van der Waals surface area contributed by atoms with Gasteiger partial charge in [0.2, 0.25) is 5.91 Å². The number of rotatable bonds is 7. The third-order valence-electron chi connectivity index (χ3n) is 3.10. The number of aryl methyl sites for hydroxylation is 2. The molecule has 0 heterocycles. The van der Waals surface area contributed by atoms with Crippen molar-refractivity contribution in [2.75, 3.05) is 12.3 Å². The first-order valence-corrected chi connectivity index (χ1v) is 7.58. The highest BCUT2D eigenvalue weighted by Gasteiger charge is 2.11. The van der Waals surface area contributed by atoms with Crippen molar-refractivity contribution in [3.63, 3.8) is 0 Å². The van der Waals surface area contributed by atoms with Gasteiger partial charge in [-0.2, -0.15) is 0 Å². The Balaban J connectivity index is 2.28. The average Bonchev–Trinajstić information content (AvgIpc) is 2.40. The van der Waals surface area contributed by atoms with Crippen LogP contribution in [0.3, 0.4) is 0 Å². The molecule has 0 radical (unpaired) electrons. The van der Waals surface area contributed by atoms with Crippen LogP contribution in [-0.2, 0) is 9.59 Å². The van der Waals surface area contributed by atoms with Crippen molar-refractivity contribution in [1.82, 2.24) is 5.32 Å². The van der Waals surface area contributed by atoms with Gasteiger partial charge in [0.05, 0.1) is 5.92 Å². The second-order valence-corrected chi connectivity index (χ2v) is 6.06. The normalized spacial score (nSPS) is 11.9. The fraction of sp³-hybridized carbons (Fsp3) is 0.467. The fourth-order valence-corrected chi connectivity index (χ4v) is 2.46. The van der Waals surface area contributed by atoms with Crippen LogP contribution in [0.15, 0.2) is 23.1 Å². The van der Waals surface area contributed by atoms with Crippen LogP contribution in [-0.4, -0.2) is 29.3 Å². The van der Waals surface area contributed by atoms with Crippen LogP contribution in [0.4, 0.5) is 0 Å². The Bertz CT molecular complexity index is 488. The Morgan fingerprint density at radius 3 is 2.60 bits per heavy atom. The van der Waals surface area contributed by atoms with Crippen molar-refractivity contribution < 1.29 is 14.7 Å². The molecule has 1 amide bonds. The van der Waals surface area contributed by atoms with Crippen LogP contribution in [0.25, 0.3) is 0 Å². The highest BCUT2D eigenvalue weighted by Crippen LogP contribution is 2.21. The van der Waals surface area contributed by atoms with Crippen LogP contribution >= 0.6 is 11.8 Å². The molecule has 1 aromatic carbocycles. The number of carboxylic acid groups (broad SMARTS) is 1. The Morgan fingerprint density at radius 2 is 2.00 bits per heavy atom. The van der Waals surface area contributed by atoms with E-state index in [2.05, 4.69) is 37.4 Å². The maximum atomic E-state index is 11.6. The molecule has 0 aliphatic carbocycles. The topological polar surface area (TPSA) is 66.4 Å². The summed E-state index contributed by atoms with van der Waals surface area (Å²) < 4.78 is 0. The molecule has 0 saturated heterocycles. The maximum absolute atomic E-state index is 11.6. The number of hydrogen-bond acceptors (Lipinski definition) is 3. The van der Waals surface area contributed by atoms with Crippen molar-refractivity contribution in [3.8, 4) is 0 Å². The first-order chi connectivity index (χ1) is 9.40. The molecule has 1 aromatic rings. The molecule has 0 bridgehead atoms. The van der Waals surface area contributed by atoms with Gasteiger partial charge in [-0.25, -0.2) is 0 Å². The summed E-state index contributed by atoms with van der Waals surface area (Å²) in [5.41, 5.74) is 2.50. The molecule has 0 saturated carbocycles. The van der Waals surface area contributed by atoms with Gasteiger partial charge in [-0.3, -0.25) is 9.59 Å². The lowest BCUT2D eigenvalue weighted by atomic mass is 10.1. The Kier molecular flexibility index (Phi) is 6.58. The smallest absolute Gasteiger partial charge is 0.308 e.